The largest absolute Gasteiger partial charge is 0.481 e. The van der Waals surface area contributed by atoms with Gasteiger partial charge in [-0.05, 0) is 18.9 Å². The number of rotatable bonds is 7. The lowest BCUT2D eigenvalue weighted by atomic mass is 10.0. The molecule has 0 bridgehead atoms. The molecule has 0 aliphatic carbocycles. The van der Waals surface area contributed by atoms with Crippen molar-refractivity contribution < 1.29 is 19.1 Å². The predicted octanol–water partition coefficient (Wildman–Crippen LogP) is 2.23. The van der Waals surface area contributed by atoms with Gasteiger partial charge in [-0.15, -0.1) is 0 Å². The van der Waals surface area contributed by atoms with Crippen LogP contribution < -0.4 is 5.32 Å². The number of amides is 2. The monoisotopic (exact) mass is 282 g/mol. The van der Waals surface area contributed by atoms with E-state index in [-0.39, 0.29) is 18.4 Å². The summed E-state index contributed by atoms with van der Waals surface area (Å²) < 4.78 is 5.18. The first-order valence-electron chi connectivity index (χ1n) is 6.67. The Hall–Kier alpha value is -1.98. The Bertz CT molecular complexity index is 456. The van der Waals surface area contributed by atoms with E-state index in [1.54, 1.807) is 18.2 Å². The van der Waals surface area contributed by atoms with Crippen LogP contribution in [0.4, 0.5) is 4.79 Å². The highest BCUT2D eigenvalue weighted by Gasteiger charge is 2.15. The van der Waals surface area contributed by atoms with E-state index in [2.05, 4.69) is 5.32 Å². The van der Waals surface area contributed by atoms with E-state index in [1.807, 2.05) is 19.9 Å². The smallest absolute Gasteiger partial charge is 0.317 e. The second kappa shape index (κ2) is 7.57. The Morgan fingerprint density at radius 1 is 1.50 bits per heavy atom. The number of aryl methyl sites for hydroxylation is 1. The minimum absolute atomic E-state index is 0.0412. The fraction of sp³-hybridized carbons (Fsp3) is 0.571. The van der Waals surface area contributed by atoms with Gasteiger partial charge in [0.05, 0.1) is 12.8 Å². The van der Waals surface area contributed by atoms with Crippen molar-refractivity contribution in [2.75, 3.05) is 13.6 Å². The minimum atomic E-state index is -0.839. The van der Waals surface area contributed by atoms with Gasteiger partial charge in [-0.2, -0.15) is 0 Å². The van der Waals surface area contributed by atoms with Crippen LogP contribution in [0.2, 0.25) is 0 Å². The number of urea groups is 1. The lowest BCUT2D eigenvalue weighted by Gasteiger charge is -2.20. The van der Waals surface area contributed by atoms with Gasteiger partial charge >= 0.3 is 12.0 Å². The summed E-state index contributed by atoms with van der Waals surface area (Å²) in [4.78, 5) is 24.1. The summed E-state index contributed by atoms with van der Waals surface area (Å²) in [7, 11) is 1.69. The van der Waals surface area contributed by atoms with E-state index in [0.29, 0.717) is 13.1 Å². The molecular weight excluding hydrogens is 260 g/mol. The summed E-state index contributed by atoms with van der Waals surface area (Å²) in [5, 5.41) is 11.5. The van der Waals surface area contributed by atoms with Crippen molar-refractivity contribution in [3.63, 3.8) is 0 Å². The molecular formula is C14H22N2O4. The number of hydrogen-bond donors (Lipinski definition) is 2. The molecule has 2 N–H and O–H groups in total. The summed E-state index contributed by atoms with van der Waals surface area (Å²) in [5.41, 5.74) is 0.959. The molecule has 0 saturated carbocycles. The van der Waals surface area contributed by atoms with Crippen LogP contribution in [0, 0.1) is 12.8 Å². The van der Waals surface area contributed by atoms with Gasteiger partial charge in [-0.3, -0.25) is 4.79 Å². The minimum Gasteiger partial charge on any atom is -0.481 e. The second-order valence-corrected chi connectivity index (χ2v) is 4.92. The molecule has 0 radical (unpaired) electrons. The number of carbonyl (C=O) groups excluding carboxylic acids is 1. The quantitative estimate of drug-likeness (QED) is 0.803. The first-order chi connectivity index (χ1) is 9.43. The number of nitrogens with zero attached hydrogens (tertiary/aromatic N) is 1. The summed E-state index contributed by atoms with van der Waals surface area (Å²) in [6, 6.07) is 1.62. The van der Waals surface area contributed by atoms with E-state index >= 15 is 0 Å². The molecule has 1 aromatic rings. The Balaban J connectivity index is 2.41. The highest BCUT2D eigenvalue weighted by Crippen LogP contribution is 2.11. The van der Waals surface area contributed by atoms with E-state index in [4.69, 9.17) is 9.52 Å². The molecule has 0 aliphatic rings. The third-order valence-corrected chi connectivity index (χ3v) is 3.30. The fourth-order valence-electron chi connectivity index (χ4n) is 1.88. The Kier molecular flexibility index (Phi) is 6.09. The van der Waals surface area contributed by atoms with Crippen LogP contribution >= 0.6 is 0 Å². The Labute approximate surface area is 118 Å². The number of aliphatic carboxylic acids is 1. The average Bonchev–Trinajstić information content (AvgIpc) is 2.79. The number of nitrogens with one attached hydrogen (secondary N) is 1. The maximum Gasteiger partial charge on any atom is 0.317 e. The van der Waals surface area contributed by atoms with Gasteiger partial charge in [-0.1, -0.05) is 13.3 Å². The van der Waals surface area contributed by atoms with Crippen LogP contribution in [0.5, 0.6) is 0 Å². The van der Waals surface area contributed by atoms with Gasteiger partial charge in [0.25, 0.3) is 0 Å². The average molecular weight is 282 g/mol. The zero-order chi connectivity index (χ0) is 15.1. The molecule has 1 rings (SSSR count). The maximum absolute atomic E-state index is 11.9. The van der Waals surface area contributed by atoms with Crippen LogP contribution in [0.1, 0.15) is 31.1 Å². The summed E-state index contributed by atoms with van der Waals surface area (Å²) in [5.74, 6) is -0.0871. The Morgan fingerprint density at radius 2 is 2.20 bits per heavy atom. The van der Waals surface area contributed by atoms with Crippen molar-refractivity contribution in [1.82, 2.24) is 10.2 Å². The zero-order valence-corrected chi connectivity index (χ0v) is 12.2. The summed E-state index contributed by atoms with van der Waals surface area (Å²) in [6.07, 6.45) is 2.38. The number of hydrogen-bond acceptors (Lipinski definition) is 3. The van der Waals surface area contributed by atoms with E-state index in [9.17, 15) is 9.59 Å². The van der Waals surface area contributed by atoms with Crippen molar-refractivity contribution in [2.45, 2.75) is 33.2 Å². The molecule has 1 unspecified atom stereocenters. The lowest BCUT2D eigenvalue weighted by molar-refractivity contribution is -0.138. The molecule has 112 valence electrons. The molecule has 1 aromatic heterocycles. The second-order valence-electron chi connectivity index (χ2n) is 4.92. The third-order valence-electron chi connectivity index (χ3n) is 3.30. The molecule has 2 amide bonds. The van der Waals surface area contributed by atoms with Crippen molar-refractivity contribution in [2.24, 2.45) is 5.92 Å². The van der Waals surface area contributed by atoms with Crippen LogP contribution in [0.25, 0.3) is 0 Å². The van der Waals surface area contributed by atoms with E-state index in [1.165, 1.54) is 0 Å². The van der Waals surface area contributed by atoms with Crippen molar-refractivity contribution >= 4 is 12.0 Å². The maximum atomic E-state index is 11.9. The van der Waals surface area contributed by atoms with Crippen LogP contribution in [0.3, 0.4) is 0 Å². The van der Waals surface area contributed by atoms with Gasteiger partial charge < -0.3 is 19.7 Å². The number of furan rings is 1. The van der Waals surface area contributed by atoms with Crippen molar-refractivity contribution in [3.8, 4) is 0 Å². The van der Waals surface area contributed by atoms with E-state index in [0.717, 1.165) is 17.7 Å². The van der Waals surface area contributed by atoms with Gasteiger partial charge in [-0.25, -0.2) is 4.79 Å². The molecule has 1 heterocycles. The molecule has 1 atom stereocenters. The molecule has 0 aliphatic heterocycles. The first kappa shape index (κ1) is 16.1. The van der Waals surface area contributed by atoms with Gasteiger partial charge in [0.2, 0.25) is 0 Å². The van der Waals surface area contributed by atoms with Crippen LogP contribution in [-0.4, -0.2) is 35.6 Å². The van der Waals surface area contributed by atoms with Gasteiger partial charge in [0, 0.05) is 25.6 Å². The first-order valence-corrected chi connectivity index (χ1v) is 6.67. The molecule has 6 nitrogen and oxygen atoms in total. The highest BCUT2D eigenvalue weighted by atomic mass is 16.4. The summed E-state index contributed by atoms with van der Waals surface area (Å²) in [6.45, 7) is 4.60. The topological polar surface area (TPSA) is 82.8 Å². The molecule has 0 spiro atoms. The van der Waals surface area contributed by atoms with Crippen molar-refractivity contribution in [3.05, 3.63) is 23.7 Å². The summed E-state index contributed by atoms with van der Waals surface area (Å²) >= 11 is 0. The molecule has 0 aromatic carbocycles. The number of carboxylic acid groups (broad SMARTS) is 1. The van der Waals surface area contributed by atoms with Gasteiger partial charge in [0.1, 0.15) is 5.76 Å². The fourth-order valence-corrected chi connectivity index (χ4v) is 1.88. The van der Waals surface area contributed by atoms with E-state index < -0.39 is 5.97 Å². The molecule has 20 heavy (non-hydrogen) atoms. The zero-order valence-electron chi connectivity index (χ0n) is 12.2. The van der Waals surface area contributed by atoms with Crippen LogP contribution in [-0.2, 0) is 11.3 Å². The number of carboxylic acids is 1. The van der Waals surface area contributed by atoms with Gasteiger partial charge in [0.15, 0.2) is 0 Å². The lowest BCUT2D eigenvalue weighted by Crippen LogP contribution is -2.39. The third kappa shape index (κ3) is 4.95. The molecule has 0 saturated heterocycles. The predicted molar refractivity (Wildman–Crippen MR) is 74.3 cm³/mol. The van der Waals surface area contributed by atoms with Crippen LogP contribution in [0.15, 0.2) is 16.7 Å². The Morgan fingerprint density at radius 3 is 2.70 bits per heavy atom. The molecule has 6 heteroatoms. The van der Waals surface area contributed by atoms with Crippen molar-refractivity contribution in [1.29, 1.82) is 0 Å². The standard InChI is InChI=1S/C14H22N2O4/c1-4-11(7-13(17)18)8-15-14(19)16(3)9-12-5-6-20-10(12)2/h5-6,11H,4,7-9H2,1-3H3,(H,15,19)(H,17,18). The normalized spacial score (nSPS) is 11.9. The SMILES string of the molecule is CCC(CNC(=O)N(C)Cc1ccoc1C)CC(=O)O. The molecule has 0 fully saturated rings. The highest BCUT2D eigenvalue weighted by molar-refractivity contribution is 5.74. The number of carbonyl (C=O) groups is 2.